The van der Waals surface area contributed by atoms with Gasteiger partial charge in [0.2, 0.25) is 10.0 Å². The first-order valence-corrected chi connectivity index (χ1v) is 7.42. The van der Waals surface area contributed by atoms with Crippen molar-refractivity contribution in [1.29, 1.82) is 0 Å². The average molecular weight is 292 g/mol. The van der Waals surface area contributed by atoms with Gasteiger partial charge in [0, 0.05) is 32.7 Å². The van der Waals surface area contributed by atoms with Crippen LogP contribution in [0, 0.1) is 0 Å². The topological polar surface area (TPSA) is 49.4 Å². The number of hydrogen-bond donors (Lipinski definition) is 1. The lowest BCUT2D eigenvalue weighted by Gasteiger charge is -2.11. The Morgan fingerprint density at radius 1 is 1.32 bits per heavy atom. The molecule has 0 fully saturated rings. The maximum atomic E-state index is 12.5. The second-order valence-corrected chi connectivity index (χ2v) is 6.62. The predicted octanol–water partition coefficient (Wildman–Crippen LogP) is 1.61. The minimum absolute atomic E-state index is 0.0193. The summed E-state index contributed by atoms with van der Waals surface area (Å²) in [5, 5.41) is 2.93. The molecule has 0 heterocycles. The number of nitrogens with zero attached hydrogens (tertiary/aromatic N) is 1. The summed E-state index contributed by atoms with van der Waals surface area (Å²) in [5.41, 5.74) is 0.681. The minimum atomic E-state index is -3.22. The highest BCUT2D eigenvalue weighted by Gasteiger charge is 2.12. The van der Waals surface area contributed by atoms with Crippen molar-refractivity contribution in [3.05, 3.63) is 35.4 Å². The third-order valence-electron chi connectivity index (χ3n) is 2.63. The maximum Gasteiger partial charge on any atom is 0.263 e. The molecule has 0 saturated heterocycles. The van der Waals surface area contributed by atoms with E-state index in [4.69, 9.17) is 0 Å². The fraction of sp³-hybridized carbons (Fsp3) is 0.500. The molecular formula is C12H18F2N2O2S. The lowest BCUT2D eigenvalue weighted by Crippen LogP contribution is -2.31. The maximum absolute atomic E-state index is 12.5. The third-order valence-corrected chi connectivity index (χ3v) is 4.46. The van der Waals surface area contributed by atoms with E-state index in [2.05, 4.69) is 5.32 Å². The van der Waals surface area contributed by atoms with Gasteiger partial charge < -0.3 is 5.32 Å². The van der Waals surface area contributed by atoms with Crippen molar-refractivity contribution < 1.29 is 17.2 Å². The summed E-state index contributed by atoms with van der Waals surface area (Å²) < 4.78 is 49.1. The molecular weight excluding hydrogens is 274 g/mol. The summed E-state index contributed by atoms with van der Waals surface area (Å²) in [6.45, 7) is 0.642. The molecule has 0 unspecified atom stereocenters. The van der Waals surface area contributed by atoms with Gasteiger partial charge >= 0.3 is 0 Å². The lowest BCUT2D eigenvalue weighted by atomic mass is 10.1. The first-order chi connectivity index (χ1) is 8.83. The van der Waals surface area contributed by atoms with Crippen LogP contribution in [-0.2, 0) is 16.6 Å². The van der Waals surface area contributed by atoms with Gasteiger partial charge in [-0.1, -0.05) is 18.2 Å². The molecule has 0 spiro atoms. The molecule has 1 N–H and O–H groups in total. The van der Waals surface area contributed by atoms with Crippen molar-refractivity contribution in [2.75, 3.05) is 26.4 Å². The van der Waals surface area contributed by atoms with Gasteiger partial charge in [0.05, 0.1) is 5.75 Å². The average Bonchev–Trinajstić information content (AvgIpc) is 2.35. The largest absolute Gasteiger partial charge is 0.312 e. The highest BCUT2D eigenvalue weighted by Crippen LogP contribution is 2.19. The number of nitrogens with one attached hydrogen (secondary N) is 1. The predicted molar refractivity (Wildman–Crippen MR) is 70.6 cm³/mol. The summed E-state index contributed by atoms with van der Waals surface area (Å²) in [6.07, 6.45) is -2.49. The van der Waals surface area contributed by atoms with Crippen LogP contribution < -0.4 is 5.32 Å². The van der Waals surface area contributed by atoms with Gasteiger partial charge in [0.15, 0.2) is 0 Å². The fourth-order valence-electron chi connectivity index (χ4n) is 1.46. The molecule has 0 aliphatic carbocycles. The quantitative estimate of drug-likeness (QED) is 0.777. The van der Waals surface area contributed by atoms with Crippen LogP contribution in [0.5, 0.6) is 0 Å². The van der Waals surface area contributed by atoms with Crippen molar-refractivity contribution in [3.63, 3.8) is 0 Å². The Bertz CT molecular complexity index is 504. The third kappa shape index (κ3) is 5.22. The Balaban J connectivity index is 2.44. The van der Waals surface area contributed by atoms with Gasteiger partial charge in [-0.05, 0) is 11.6 Å². The summed E-state index contributed by atoms with van der Waals surface area (Å²) in [4.78, 5) is 0. The number of sulfonamides is 1. The van der Waals surface area contributed by atoms with E-state index in [-0.39, 0.29) is 17.9 Å². The van der Waals surface area contributed by atoms with E-state index in [0.717, 1.165) is 4.31 Å². The summed E-state index contributed by atoms with van der Waals surface area (Å²) >= 11 is 0. The van der Waals surface area contributed by atoms with Crippen LogP contribution >= 0.6 is 0 Å². The van der Waals surface area contributed by atoms with E-state index in [1.165, 1.54) is 26.2 Å². The number of rotatable bonds is 7. The van der Waals surface area contributed by atoms with E-state index < -0.39 is 16.4 Å². The van der Waals surface area contributed by atoms with E-state index in [1.807, 2.05) is 0 Å². The molecule has 0 amide bonds. The van der Waals surface area contributed by atoms with Gasteiger partial charge in [-0.2, -0.15) is 0 Å². The highest BCUT2D eigenvalue weighted by molar-refractivity contribution is 7.89. The molecule has 4 nitrogen and oxygen atoms in total. The highest BCUT2D eigenvalue weighted by atomic mass is 32.2. The number of halogens is 2. The van der Waals surface area contributed by atoms with Gasteiger partial charge in [0.25, 0.3) is 6.43 Å². The Hall–Kier alpha value is -1.05. The summed E-state index contributed by atoms with van der Waals surface area (Å²) in [7, 11) is -0.276. The Labute approximate surface area is 112 Å². The molecule has 108 valence electrons. The standard InChI is InChI=1S/C12H18F2N2O2S/c1-16(2)19(17,18)7-6-15-9-10-4-3-5-11(8-10)12(13)14/h3-5,8,12,15H,6-7,9H2,1-2H3. The summed E-state index contributed by atoms with van der Waals surface area (Å²) in [6, 6.07) is 6.07. The number of benzene rings is 1. The van der Waals surface area contributed by atoms with Crippen LogP contribution in [0.2, 0.25) is 0 Å². The zero-order chi connectivity index (χ0) is 14.5. The van der Waals surface area contributed by atoms with Crippen molar-refractivity contribution >= 4 is 10.0 Å². The molecule has 1 aromatic rings. The molecule has 7 heteroatoms. The Kier molecular flexibility index (Phi) is 5.84. The van der Waals surface area contributed by atoms with E-state index in [0.29, 0.717) is 12.1 Å². The Morgan fingerprint density at radius 2 is 2.00 bits per heavy atom. The van der Waals surface area contributed by atoms with Gasteiger partial charge in [0.1, 0.15) is 0 Å². The molecule has 1 aromatic carbocycles. The van der Waals surface area contributed by atoms with Crippen molar-refractivity contribution in [1.82, 2.24) is 9.62 Å². The van der Waals surface area contributed by atoms with Crippen LogP contribution in [0.25, 0.3) is 0 Å². The number of alkyl halides is 2. The fourth-order valence-corrected chi connectivity index (χ4v) is 2.22. The van der Waals surface area contributed by atoms with Gasteiger partial charge in [-0.15, -0.1) is 0 Å². The minimum Gasteiger partial charge on any atom is -0.312 e. The molecule has 0 atom stereocenters. The number of hydrogen-bond acceptors (Lipinski definition) is 3. The first kappa shape index (κ1) is 16.0. The summed E-state index contributed by atoms with van der Waals surface area (Å²) in [5.74, 6) is -0.0193. The normalized spacial score (nSPS) is 12.3. The molecule has 0 aliphatic heterocycles. The van der Waals surface area contributed by atoms with Gasteiger partial charge in [-0.25, -0.2) is 21.5 Å². The SMILES string of the molecule is CN(C)S(=O)(=O)CCNCc1cccc(C(F)F)c1. The van der Waals surface area contributed by atoms with Crippen LogP contribution in [0.4, 0.5) is 8.78 Å². The van der Waals surface area contributed by atoms with Crippen LogP contribution in [0.15, 0.2) is 24.3 Å². The van der Waals surface area contributed by atoms with Crippen molar-refractivity contribution in [3.8, 4) is 0 Å². The molecule has 1 rings (SSSR count). The lowest BCUT2D eigenvalue weighted by molar-refractivity contribution is 0.151. The molecule has 0 aromatic heterocycles. The van der Waals surface area contributed by atoms with Crippen LogP contribution in [-0.4, -0.2) is 39.1 Å². The molecule has 19 heavy (non-hydrogen) atoms. The van der Waals surface area contributed by atoms with E-state index in [9.17, 15) is 17.2 Å². The molecule has 0 aliphatic rings. The van der Waals surface area contributed by atoms with Crippen LogP contribution in [0.1, 0.15) is 17.6 Å². The zero-order valence-electron chi connectivity index (χ0n) is 10.9. The monoisotopic (exact) mass is 292 g/mol. The van der Waals surface area contributed by atoms with Crippen molar-refractivity contribution in [2.24, 2.45) is 0 Å². The van der Waals surface area contributed by atoms with Crippen LogP contribution in [0.3, 0.4) is 0 Å². The zero-order valence-corrected chi connectivity index (χ0v) is 11.8. The second kappa shape index (κ2) is 6.93. The first-order valence-electron chi connectivity index (χ1n) is 5.81. The van der Waals surface area contributed by atoms with Gasteiger partial charge in [-0.3, -0.25) is 0 Å². The molecule has 0 bridgehead atoms. The Morgan fingerprint density at radius 3 is 2.58 bits per heavy atom. The molecule has 0 radical (unpaired) electrons. The van der Waals surface area contributed by atoms with Crippen molar-refractivity contribution in [2.45, 2.75) is 13.0 Å². The molecule has 0 saturated carbocycles. The van der Waals surface area contributed by atoms with E-state index >= 15 is 0 Å². The second-order valence-electron chi connectivity index (χ2n) is 4.32. The van der Waals surface area contributed by atoms with E-state index in [1.54, 1.807) is 12.1 Å². The smallest absolute Gasteiger partial charge is 0.263 e.